The maximum absolute atomic E-state index is 5.68. The molecule has 84 valence electrons. The van der Waals surface area contributed by atoms with Gasteiger partial charge in [0, 0.05) is 19.8 Å². The van der Waals surface area contributed by atoms with Crippen molar-refractivity contribution in [2.45, 2.75) is 51.4 Å². The molecule has 2 atom stereocenters. The Balaban J connectivity index is 2.10. The van der Waals surface area contributed by atoms with E-state index in [4.69, 9.17) is 9.47 Å². The van der Waals surface area contributed by atoms with E-state index in [2.05, 4.69) is 19.2 Å². The normalized spacial score (nSPS) is 33.2. The lowest BCUT2D eigenvalue weighted by Crippen LogP contribution is -2.41. The van der Waals surface area contributed by atoms with E-state index < -0.39 is 0 Å². The summed E-state index contributed by atoms with van der Waals surface area (Å²) in [5, 5.41) is 3.56. The predicted octanol–water partition coefficient (Wildman–Crippen LogP) is 1.57. The minimum absolute atomic E-state index is 0.402. The van der Waals surface area contributed by atoms with Gasteiger partial charge in [0.25, 0.3) is 0 Å². The largest absolute Gasteiger partial charge is 0.385 e. The lowest BCUT2D eigenvalue weighted by molar-refractivity contribution is -0.0421. The first-order chi connectivity index (χ1) is 6.72. The average molecular weight is 201 g/mol. The molecule has 0 spiro atoms. The van der Waals surface area contributed by atoms with Gasteiger partial charge >= 0.3 is 0 Å². The van der Waals surface area contributed by atoms with Gasteiger partial charge in [-0.05, 0) is 39.7 Å². The molecular formula is C11H23NO2. The summed E-state index contributed by atoms with van der Waals surface area (Å²) >= 11 is 0. The Hall–Kier alpha value is -0.120. The number of rotatable bonds is 5. The van der Waals surface area contributed by atoms with Gasteiger partial charge in [-0.25, -0.2) is 0 Å². The molecule has 0 bridgehead atoms. The van der Waals surface area contributed by atoms with Crippen LogP contribution in [-0.4, -0.2) is 38.5 Å². The summed E-state index contributed by atoms with van der Waals surface area (Å²) in [5.74, 6) is 0. The van der Waals surface area contributed by atoms with Gasteiger partial charge in [0.1, 0.15) is 0 Å². The molecule has 1 heterocycles. The van der Waals surface area contributed by atoms with E-state index in [1.807, 2.05) is 0 Å². The molecule has 1 N–H and O–H groups in total. The number of hydrogen-bond donors (Lipinski definition) is 1. The Morgan fingerprint density at radius 1 is 1.29 bits per heavy atom. The summed E-state index contributed by atoms with van der Waals surface area (Å²) in [7, 11) is 1.75. The van der Waals surface area contributed by atoms with Crippen molar-refractivity contribution >= 4 is 0 Å². The van der Waals surface area contributed by atoms with Crippen molar-refractivity contribution in [1.82, 2.24) is 5.32 Å². The van der Waals surface area contributed by atoms with Crippen LogP contribution in [0.3, 0.4) is 0 Å². The molecule has 0 saturated carbocycles. The van der Waals surface area contributed by atoms with Crippen LogP contribution in [0.25, 0.3) is 0 Å². The molecule has 0 amide bonds. The number of methoxy groups -OCH3 is 1. The van der Waals surface area contributed by atoms with Crippen LogP contribution in [0.2, 0.25) is 0 Å². The standard InChI is InChI=1S/C11H23NO2/c1-9-7-11(8-10(2)14-9)12-5-4-6-13-3/h9-12H,4-8H2,1-3H3/t9-,10-/m0/s1. The molecule has 1 fully saturated rings. The van der Waals surface area contributed by atoms with Crippen molar-refractivity contribution in [1.29, 1.82) is 0 Å². The highest BCUT2D eigenvalue weighted by atomic mass is 16.5. The lowest BCUT2D eigenvalue weighted by atomic mass is 10.00. The van der Waals surface area contributed by atoms with Crippen molar-refractivity contribution in [2.75, 3.05) is 20.3 Å². The highest BCUT2D eigenvalue weighted by Gasteiger charge is 2.23. The summed E-state index contributed by atoms with van der Waals surface area (Å²) in [6, 6.07) is 0.630. The third-order valence-electron chi connectivity index (χ3n) is 2.66. The fourth-order valence-electron chi connectivity index (χ4n) is 2.09. The first-order valence-electron chi connectivity index (χ1n) is 5.60. The number of ether oxygens (including phenoxy) is 2. The molecule has 1 rings (SSSR count). The van der Waals surface area contributed by atoms with Crippen molar-refractivity contribution < 1.29 is 9.47 Å². The van der Waals surface area contributed by atoms with Crippen LogP contribution in [0, 0.1) is 0 Å². The van der Waals surface area contributed by atoms with Gasteiger partial charge in [-0.1, -0.05) is 0 Å². The summed E-state index contributed by atoms with van der Waals surface area (Å²) < 4.78 is 10.7. The van der Waals surface area contributed by atoms with E-state index in [9.17, 15) is 0 Å². The van der Waals surface area contributed by atoms with E-state index in [0.717, 1.165) is 32.4 Å². The quantitative estimate of drug-likeness (QED) is 0.685. The zero-order valence-corrected chi connectivity index (χ0v) is 9.58. The van der Waals surface area contributed by atoms with E-state index in [-0.39, 0.29) is 0 Å². The monoisotopic (exact) mass is 201 g/mol. The van der Waals surface area contributed by atoms with Crippen molar-refractivity contribution in [3.05, 3.63) is 0 Å². The van der Waals surface area contributed by atoms with E-state index in [1.165, 1.54) is 0 Å². The Labute approximate surface area is 87.2 Å². The highest BCUT2D eigenvalue weighted by molar-refractivity contribution is 4.78. The Morgan fingerprint density at radius 2 is 1.93 bits per heavy atom. The summed E-state index contributed by atoms with van der Waals surface area (Å²) in [4.78, 5) is 0. The average Bonchev–Trinajstić information content (AvgIpc) is 2.11. The van der Waals surface area contributed by atoms with E-state index >= 15 is 0 Å². The molecular weight excluding hydrogens is 178 g/mol. The van der Waals surface area contributed by atoms with Crippen molar-refractivity contribution in [3.8, 4) is 0 Å². The molecule has 0 aliphatic carbocycles. The molecule has 0 aromatic rings. The summed E-state index contributed by atoms with van der Waals surface area (Å²) in [5.41, 5.74) is 0. The van der Waals surface area contributed by atoms with Crippen LogP contribution in [0.4, 0.5) is 0 Å². The highest BCUT2D eigenvalue weighted by Crippen LogP contribution is 2.18. The van der Waals surface area contributed by atoms with E-state index in [1.54, 1.807) is 7.11 Å². The van der Waals surface area contributed by atoms with Crippen molar-refractivity contribution in [3.63, 3.8) is 0 Å². The molecule has 14 heavy (non-hydrogen) atoms. The third kappa shape index (κ3) is 4.40. The lowest BCUT2D eigenvalue weighted by Gasteiger charge is -2.32. The minimum Gasteiger partial charge on any atom is -0.385 e. The Kier molecular flexibility index (Phi) is 5.45. The van der Waals surface area contributed by atoms with Crippen LogP contribution in [0.5, 0.6) is 0 Å². The van der Waals surface area contributed by atoms with Gasteiger partial charge in [-0.3, -0.25) is 0 Å². The van der Waals surface area contributed by atoms with Crippen LogP contribution in [-0.2, 0) is 9.47 Å². The maximum Gasteiger partial charge on any atom is 0.0565 e. The first kappa shape index (κ1) is 12.0. The third-order valence-corrected chi connectivity index (χ3v) is 2.66. The molecule has 3 nitrogen and oxygen atoms in total. The Morgan fingerprint density at radius 3 is 2.50 bits per heavy atom. The van der Waals surface area contributed by atoms with Gasteiger partial charge in [-0.2, -0.15) is 0 Å². The molecule has 0 aromatic heterocycles. The second kappa shape index (κ2) is 6.38. The molecule has 1 saturated heterocycles. The second-order valence-corrected chi connectivity index (χ2v) is 4.23. The van der Waals surface area contributed by atoms with Crippen LogP contribution in [0.1, 0.15) is 33.1 Å². The molecule has 3 heteroatoms. The minimum atomic E-state index is 0.402. The fraction of sp³-hybridized carbons (Fsp3) is 1.00. The smallest absolute Gasteiger partial charge is 0.0565 e. The molecule has 1 aliphatic rings. The van der Waals surface area contributed by atoms with Crippen LogP contribution >= 0.6 is 0 Å². The van der Waals surface area contributed by atoms with Crippen LogP contribution in [0.15, 0.2) is 0 Å². The number of hydrogen-bond acceptors (Lipinski definition) is 3. The van der Waals surface area contributed by atoms with Gasteiger partial charge < -0.3 is 14.8 Å². The van der Waals surface area contributed by atoms with Gasteiger partial charge in [-0.15, -0.1) is 0 Å². The molecule has 0 aromatic carbocycles. The molecule has 1 aliphatic heterocycles. The topological polar surface area (TPSA) is 30.5 Å². The molecule has 0 unspecified atom stereocenters. The molecule has 0 radical (unpaired) electrons. The van der Waals surface area contributed by atoms with Crippen LogP contribution < -0.4 is 5.32 Å². The zero-order valence-electron chi connectivity index (χ0n) is 9.58. The predicted molar refractivity (Wildman–Crippen MR) is 57.5 cm³/mol. The van der Waals surface area contributed by atoms with Crippen molar-refractivity contribution in [2.24, 2.45) is 0 Å². The zero-order chi connectivity index (χ0) is 10.4. The Bertz CT molecular complexity index is 142. The second-order valence-electron chi connectivity index (χ2n) is 4.23. The van der Waals surface area contributed by atoms with Gasteiger partial charge in [0.2, 0.25) is 0 Å². The fourth-order valence-corrected chi connectivity index (χ4v) is 2.09. The summed E-state index contributed by atoms with van der Waals surface area (Å²) in [6.07, 6.45) is 4.17. The number of nitrogens with one attached hydrogen (secondary N) is 1. The summed E-state index contributed by atoms with van der Waals surface area (Å²) in [6.45, 7) is 6.21. The van der Waals surface area contributed by atoms with Gasteiger partial charge in [0.05, 0.1) is 12.2 Å². The maximum atomic E-state index is 5.68. The van der Waals surface area contributed by atoms with Gasteiger partial charge in [0.15, 0.2) is 0 Å². The van der Waals surface area contributed by atoms with E-state index in [0.29, 0.717) is 18.2 Å². The SMILES string of the molecule is COCCCNC1C[C@H](C)O[C@@H](C)C1. The first-order valence-corrected chi connectivity index (χ1v) is 5.60.